The largest absolute Gasteiger partial charge is 0.368 e. The van der Waals surface area contributed by atoms with Gasteiger partial charge >= 0.3 is 0 Å². The van der Waals surface area contributed by atoms with Crippen molar-refractivity contribution < 1.29 is 8.42 Å². The van der Waals surface area contributed by atoms with Crippen LogP contribution in [-0.2, 0) is 10.0 Å². The molecular formula is C12H11ClN8O2S. The van der Waals surface area contributed by atoms with Crippen molar-refractivity contribution in [2.75, 3.05) is 11.1 Å². The van der Waals surface area contributed by atoms with Crippen molar-refractivity contribution in [3.63, 3.8) is 0 Å². The first kappa shape index (κ1) is 16.1. The standard InChI is InChI=1S/C12H11ClN8O2S/c13-9-5-10(17-6-16-9)21-11(14)19-12(20-21)18-7-1-3-8(4-2-7)24(15,22)23/h1-6H,(H2,15,22,23)(H3,14,18,19,20). The number of halogens is 1. The van der Waals surface area contributed by atoms with Gasteiger partial charge in [0.15, 0.2) is 5.82 Å². The van der Waals surface area contributed by atoms with E-state index in [9.17, 15) is 8.42 Å². The first-order valence-electron chi connectivity index (χ1n) is 6.43. The molecule has 5 N–H and O–H groups in total. The van der Waals surface area contributed by atoms with Crippen LogP contribution < -0.4 is 16.2 Å². The normalized spacial score (nSPS) is 11.4. The molecule has 12 heteroatoms. The molecular weight excluding hydrogens is 356 g/mol. The first-order valence-corrected chi connectivity index (χ1v) is 8.36. The number of nitrogens with zero attached hydrogens (tertiary/aromatic N) is 5. The minimum absolute atomic E-state index is 0.00156. The number of hydrogen-bond acceptors (Lipinski definition) is 8. The third kappa shape index (κ3) is 3.42. The maximum Gasteiger partial charge on any atom is 0.248 e. The van der Waals surface area contributed by atoms with Crippen molar-refractivity contribution in [2.24, 2.45) is 5.14 Å². The summed E-state index contributed by atoms with van der Waals surface area (Å²) in [6.07, 6.45) is 1.28. The summed E-state index contributed by atoms with van der Waals surface area (Å²) in [6, 6.07) is 7.26. The second-order valence-corrected chi connectivity index (χ2v) is 6.55. The van der Waals surface area contributed by atoms with Gasteiger partial charge in [-0.3, -0.25) is 0 Å². The van der Waals surface area contributed by atoms with Crippen molar-refractivity contribution >= 4 is 39.2 Å². The van der Waals surface area contributed by atoms with E-state index in [-0.39, 0.29) is 21.9 Å². The molecule has 1 aromatic carbocycles. The van der Waals surface area contributed by atoms with Crippen LogP contribution >= 0.6 is 11.6 Å². The lowest BCUT2D eigenvalue weighted by molar-refractivity contribution is 0.598. The molecule has 0 aliphatic heterocycles. The topological polar surface area (TPSA) is 155 Å². The highest BCUT2D eigenvalue weighted by Crippen LogP contribution is 2.19. The predicted molar refractivity (Wildman–Crippen MR) is 87.5 cm³/mol. The zero-order valence-corrected chi connectivity index (χ0v) is 13.5. The molecule has 0 unspecified atom stereocenters. The quantitative estimate of drug-likeness (QED) is 0.569. The second-order valence-electron chi connectivity index (χ2n) is 4.60. The Morgan fingerprint density at radius 3 is 2.50 bits per heavy atom. The molecule has 0 radical (unpaired) electrons. The molecule has 0 atom stereocenters. The molecule has 124 valence electrons. The van der Waals surface area contributed by atoms with Gasteiger partial charge in [0, 0.05) is 11.8 Å². The number of rotatable bonds is 4. The van der Waals surface area contributed by atoms with Crippen molar-refractivity contribution in [1.29, 1.82) is 0 Å². The molecule has 0 saturated carbocycles. The number of anilines is 3. The number of hydrogen-bond donors (Lipinski definition) is 3. The van der Waals surface area contributed by atoms with Gasteiger partial charge in [-0.15, -0.1) is 5.10 Å². The monoisotopic (exact) mass is 366 g/mol. The van der Waals surface area contributed by atoms with Crippen molar-refractivity contribution in [3.8, 4) is 5.82 Å². The molecule has 10 nitrogen and oxygen atoms in total. The van der Waals surface area contributed by atoms with Crippen molar-refractivity contribution in [2.45, 2.75) is 4.90 Å². The van der Waals surface area contributed by atoms with Gasteiger partial charge in [0.1, 0.15) is 11.5 Å². The highest BCUT2D eigenvalue weighted by Gasteiger charge is 2.12. The van der Waals surface area contributed by atoms with E-state index in [1.165, 1.54) is 41.3 Å². The molecule has 2 aromatic heterocycles. The summed E-state index contributed by atoms with van der Waals surface area (Å²) in [6.45, 7) is 0. The first-order chi connectivity index (χ1) is 11.3. The van der Waals surface area contributed by atoms with Crippen molar-refractivity contribution in [3.05, 3.63) is 41.8 Å². The molecule has 0 amide bonds. The molecule has 0 fully saturated rings. The number of nitrogens with one attached hydrogen (secondary N) is 1. The Hall–Kier alpha value is -2.76. The Morgan fingerprint density at radius 1 is 1.17 bits per heavy atom. The summed E-state index contributed by atoms with van der Waals surface area (Å²) in [7, 11) is -3.74. The number of aromatic nitrogens is 5. The van der Waals surface area contributed by atoms with Crippen LogP contribution in [0.5, 0.6) is 0 Å². The summed E-state index contributed by atoms with van der Waals surface area (Å²) < 4.78 is 23.7. The minimum Gasteiger partial charge on any atom is -0.368 e. The van der Waals surface area contributed by atoms with Gasteiger partial charge < -0.3 is 11.1 Å². The van der Waals surface area contributed by atoms with Crippen LogP contribution in [0.15, 0.2) is 41.6 Å². The number of sulfonamides is 1. The van der Waals surface area contributed by atoms with Crippen LogP contribution in [0.25, 0.3) is 5.82 Å². The van der Waals surface area contributed by atoms with Crippen LogP contribution in [0.2, 0.25) is 5.15 Å². The minimum atomic E-state index is -3.74. The van der Waals surface area contributed by atoms with Gasteiger partial charge in [0.25, 0.3) is 0 Å². The van der Waals surface area contributed by atoms with E-state index in [1.54, 1.807) is 0 Å². The Labute approximate surface area is 141 Å². The molecule has 0 saturated heterocycles. The van der Waals surface area contributed by atoms with E-state index in [2.05, 4.69) is 25.4 Å². The maximum absolute atomic E-state index is 11.2. The summed E-state index contributed by atoms with van der Waals surface area (Å²) in [5.74, 6) is 0.650. The fourth-order valence-electron chi connectivity index (χ4n) is 1.84. The highest BCUT2D eigenvalue weighted by atomic mass is 35.5. The molecule has 0 aliphatic carbocycles. The summed E-state index contributed by atoms with van der Waals surface area (Å²) in [4.78, 5) is 11.8. The zero-order valence-electron chi connectivity index (χ0n) is 12.0. The fraction of sp³-hybridized carbons (Fsp3) is 0. The molecule has 0 spiro atoms. The van der Waals surface area contributed by atoms with Crippen LogP contribution in [0.4, 0.5) is 17.6 Å². The van der Waals surface area contributed by atoms with E-state index in [1.807, 2.05) is 0 Å². The average molecular weight is 367 g/mol. The lowest BCUT2D eigenvalue weighted by Crippen LogP contribution is -2.11. The van der Waals surface area contributed by atoms with Crippen LogP contribution in [0.3, 0.4) is 0 Å². The van der Waals surface area contributed by atoms with Gasteiger partial charge in [-0.1, -0.05) is 11.6 Å². The highest BCUT2D eigenvalue weighted by molar-refractivity contribution is 7.89. The van der Waals surface area contributed by atoms with Crippen LogP contribution in [0, 0.1) is 0 Å². The molecule has 0 aliphatic rings. The number of nitrogens with two attached hydrogens (primary N) is 2. The Morgan fingerprint density at radius 2 is 1.88 bits per heavy atom. The third-order valence-electron chi connectivity index (χ3n) is 2.91. The SMILES string of the molecule is Nc1nc(Nc2ccc(S(N)(=O)=O)cc2)nn1-c1cc(Cl)ncn1. The fourth-order valence-corrected chi connectivity index (χ4v) is 2.50. The van der Waals surface area contributed by atoms with E-state index < -0.39 is 10.0 Å². The van der Waals surface area contributed by atoms with Gasteiger partial charge in [-0.05, 0) is 24.3 Å². The van der Waals surface area contributed by atoms with E-state index in [0.717, 1.165) is 0 Å². The van der Waals surface area contributed by atoms with Crippen molar-refractivity contribution in [1.82, 2.24) is 24.7 Å². The summed E-state index contributed by atoms with van der Waals surface area (Å²) in [5.41, 5.74) is 6.36. The molecule has 2 heterocycles. The number of primary sulfonamides is 1. The zero-order chi connectivity index (χ0) is 17.3. The van der Waals surface area contributed by atoms with E-state index in [0.29, 0.717) is 11.5 Å². The third-order valence-corrected chi connectivity index (χ3v) is 4.04. The summed E-state index contributed by atoms with van der Waals surface area (Å²) >= 11 is 5.81. The van der Waals surface area contributed by atoms with Crippen LogP contribution in [-0.4, -0.2) is 33.2 Å². The van der Waals surface area contributed by atoms with E-state index in [4.69, 9.17) is 22.5 Å². The molecule has 3 aromatic rings. The lowest BCUT2D eigenvalue weighted by Gasteiger charge is -2.03. The molecule has 24 heavy (non-hydrogen) atoms. The van der Waals surface area contributed by atoms with E-state index >= 15 is 0 Å². The Bertz CT molecular complexity index is 987. The van der Waals surface area contributed by atoms with Gasteiger partial charge in [-0.2, -0.15) is 9.67 Å². The second kappa shape index (κ2) is 6.03. The summed E-state index contributed by atoms with van der Waals surface area (Å²) in [5, 5.41) is 12.3. The molecule has 0 bridgehead atoms. The Kier molecular flexibility index (Phi) is 4.05. The maximum atomic E-state index is 11.2. The average Bonchev–Trinajstić information content (AvgIpc) is 2.87. The van der Waals surface area contributed by atoms with Gasteiger partial charge in [0.2, 0.25) is 21.9 Å². The predicted octanol–water partition coefficient (Wildman–Crippen LogP) is 0.684. The smallest absolute Gasteiger partial charge is 0.248 e. The lowest BCUT2D eigenvalue weighted by atomic mass is 10.3. The number of benzene rings is 1. The molecule has 3 rings (SSSR count). The van der Waals surface area contributed by atoms with Crippen LogP contribution in [0.1, 0.15) is 0 Å². The Balaban J connectivity index is 1.85. The number of nitrogen functional groups attached to an aromatic ring is 1. The van der Waals surface area contributed by atoms with Gasteiger partial charge in [0.05, 0.1) is 4.90 Å². The van der Waals surface area contributed by atoms with Gasteiger partial charge in [-0.25, -0.2) is 23.5 Å².